The molecule has 7 heteroatoms. The predicted octanol–water partition coefficient (Wildman–Crippen LogP) is 1.86. The van der Waals surface area contributed by atoms with E-state index in [9.17, 15) is 9.59 Å². The number of carbonyl (C=O) groups excluding carboxylic acids is 2. The summed E-state index contributed by atoms with van der Waals surface area (Å²) in [6.45, 7) is 3.86. The quantitative estimate of drug-likeness (QED) is 0.791. The van der Waals surface area contributed by atoms with Crippen molar-refractivity contribution >= 4 is 33.7 Å². The van der Waals surface area contributed by atoms with Crippen LogP contribution in [-0.4, -0.2) is 23.0 Å². The van der Waals surface area contributed by atoms with Gasteiger partial charge in [-0.25, -0.2) is 9.78 Å². The molecule has 0 saturated heterocycles. The van der Waals surface area contributed by atoms with E-state index in [0.717, 1.165) is 6.42 Å². The molecule has 0 bridgehead atoms. The van der Waals surface area contributed by atoms with Gasteiger partial charge in [-0.2, -0.15) is 0 Å². The molecule has 4 N–H and O–H groups in total. The van der Waals surface area contributed by atoms with Gasteiger partial charge in [0.15, 0.2) is 0 Å². The zero-order chi connectivity index (χ0) is 13.7. The van der Waals surface area contributed by atoms with E-state index in [1.807, 2.05) is 13.8 Å². The maximum absolute atomic E-state index is 11.6. The zero-order valence-electron chi connectivity index (χ0n) is 10.2. The van der Waals surface area contributed by atoms with Crippen LogP contribution in [0.4, 0.5) is 10.6 Å². The third-order valence-corrected chi connectivity index (χ3v) is 2.98. The van der Waals surface area contributed by atoms with Crippen LogP contribution in [0, 0.1) is 0 Å². The summed E-state index contributed by atoms with van der Waals surface area (Å²) < 4.78 is 0.489. The average Bonchev–Trinajstić information content (AvgIpc) is 2.31. The standard InChI is InChI=1S/C11H15BrN4O2/c1-3-6(2)15-11(18)16-9-4-7(10(13)17)8(12)5-14-9/h4-6H,3H2,1-2H3,(H2,13,17)(H2,14,15,16,18). The molecule has 98 valence electrons. The highest BCUT2D eigenvalue weighted by Gasteiger charge is 2.11. The Kier molecular flexibility index (Phi) is 5.08. The smallest absolute Gasteiger partial charge is 0.320 e. The summed E-state index contributed by atoms with van der Waals surface area (Å²) in [4.78, 5) is 26.6. The van der Waals surface area contributed by atoms with Gasteiger partial charge >= 0.3 is 6.03 Å². The highest BCUT2D eigenvalue weighted by atomic mass is 79.9. The van der Waals surface area contributed by atoms with Crippen LogP contribution in [0.5, 0.6) is 0 Å². The Morgan fingerprint density at radius 1 is 1.56 bits per heavy atom. The summed E-state index contributed by atoms with van der Waals surface area (Å²) in [7, 11) is 0. The maximum atomic E-state index is 11.6. The topological polar surface area (TPSA) is 97.1 Å². The van der Waals surface area contributed by atoms with Crippen LogP contribution in [-0.2, 0) is 0 Å². The number of anilines is 1. The molecule has 1 unspecified atom stereocenters. The normalized spacial score (nSPS) is 11.7. The fourth-order valence-electron chi connectivity index (χ4n) is 1.17. The van der Waals surface area contributed by atoms with Crippen LogP contribution in [0.25, 0.3) is 0 Å². The monoisotopic (exact) mass is 314 g/mol. The number of hydrogen-bond acceptors (Lipinski definition) is 3. The zero-order valence-corrected chi connectivity index (χ0v) is 11.7. The molecule has 0 spiro atoms. The van der Waals surface area contributed by atoms with E-state index < -0.39 is 5.91 Å². The first-order valence-corrected chi connectivity index (χ1v) is 6.26. The van der Waals surface area contributed by atoms with Crippen molar-refractivity contribution in [1.82, 2.24) is 10.3 Å². The van der Waals surface area contributed by atoms with Gasteiger partial charge in [0.25, 0.3) is 0 Å². The van der Waals surface area contributed by atoms with Gasteiger partial charge in [-0.3, -0.25) is 10.1 Å². The van der Waals surface area contributed by atoms with Crippen molar-refractivity contribution in [1.29, 1.82) is 0 Å². The first kappa shape index (κ1) is 14.4. The molecular weight excluding hydrogens is 300 g/mol. The first-order chi connectivity index (χ1) is 8.43. The maximum Gasteiger partial charge on any atom is 0.320 e. The van der Waals surface area contributed by atoms with E-state index in [-0.39, 0.29) is 23.5 Å². The summed E-state index contributed by atoms with van der Waals surface area (Å²) in [5.74, 6) is -0.317. The van der Waals surface area contributed by atoms with Crippen molar-refractivity contribution in [2.45, 2.75) is 26.3 Å². The SMILES string of the molecule is CCC(C)NC(=O)Nc1cc(C(N)=O)c(Br)cn1. The van der Waals surface area contributed by atoms with Gasteiger partial charge in [0.05, 0.1) is 5.56 Å². The number of nitrogens with two attached hydrogens (primary N) is 1. The average molecular weight is 315 g/mol. The van der Waals surface area contributed by atoms with Crippen LogP contribution >= 0.6 is 15.9 Å². The van der Waals surface area contributed by atoms with Crippen molar-refractivity contribution in [3.8, 4) is 0 Å². The van der Waals surface area contributed by atoms with Gasteiger partial charge in [-0.05, 0) is 35.3 Å². The molecule has 0 aliphatic rings. The van der Waals surface area contributed by atoms with E-state index in [1.54, 1.807) is 0 Å². The van der Waals surface area contributed by atoms with Crippen LogP contribution in [0.2, 0.25) is 0 Å². The lowest BCUT2D eigenvalue weighted by Gasteiger charge is -2.12. The van der Waals surface area contributed by atoms with Crippen molar-refractivity contribution in [3.05, 3.63) is 22.3 Å². The predicted molar refractivity (Wildman–Crippen MR) is 72.4 cm³/mol. The molecule has 3 amide bonds. The number of nitrogens with zero attached hydrogens (tertiary/aromatic N) is 1. The van der Waals surface area contributed by atoms with Gasteiger partial charge in [-0.1, -0.05) is 6.92 Å². The van der Waals surface area contributed by atoms with Crippen LogP contribution in [0.1, 0.15) is 30.6 Å². The molecule has 6 nitrogen and oxygen atoms in total. The lowest BCUT2D eigenvalue weighted by Crippen LogP contribution is -2.35. The van der Waals surface area contributed by atoms with E-state index in [4.69, 9.17) is 5.73 Å². The summed E-state index contributed by atoms with van der Waals surface area (Å²) in [5, 5.41) is 5.26. The van der Waals surface area contributed by atoms with Gasteiger partial charge in [0.1, 0.15) is 5.82 Å². The van der Waals surface area contributed by atoms with Crippen molar-refractivity contribution in [2.75, 3.05) is 5.32 Å². The molecule has 1 aromatic heterocycles. The minimum atomic E-state index is -0.588. The second-order valence-electron chi connectivity index (χ2n) is 3.82. The molecule has 0 aliphatic heterocycles. The van der Waals surface area contributed by atoms with Crippen LogP contribution in [0.15, 0.2) is 16.7 Å². The summed E-state index contributed by atoms with van der Waals surface area (Å²) >= 11 is 3.16. The highest BCUT2D eigenvalue weighted by Crippen LogP contribution is 2.17. The van der Waals surface area contributed by atoms with Crippen molar-refractivity contribution in [3.63, 3.8) is 0 Å². The number of rotatable bonds is 4. The van der Waals surface area contributed by atoms with E-state index in [2.05, 4.69) is 31.5 Å². The van der Waals surface area contributed by atoms with Crippen LogP contribution in [0.3, 0.4) is 0 Å². The fraction of sp³-hybridized carbons (Fsp3) is 0.364. The Morgan fingerprint density at radius 3 is 2.78 bits per heavy atom. The summed E-state index contributed by atoms with van der Waals surface area (Å²) in [6, 6.07) is 1.12. The van der Waals surface area contributed by atoms with E-state index in [1.165, 1.54) is 12.3 Å². The Labute approximate surface area is 113 Å². The Hall–Kier alpha value is -1.63. The van der Waals surface area contributed by atoms with Crippen molar-refractivity contribution in [2.24, 2.45) is 5.73 Å². The van der Waals surface area contributed by atoms with Crippen molar-refractivity contribution < 1.29 is 9.59 Å². The number of aromatic nitrogens is 1. The number of amides is 3. The summed E-state index contributed by atoms with van der Waals surface area (Å²) in [5.41, 5.74) is 5.46. The second-order valence-corrected chi connectivity index (χ2v) is 4.68. The minimum absolute atomic E-state index is 0.0658. The molecule has 0 fully saturated rings. The minimum Gasteiger partial charge on any atom is -0.366 e. The molecule has 0 aromatic carbocycles. The molecule has 0 aliphatic carbocycles. The number of halogens is 1. The van der Waals surface area contributed by atoms with E-state index in [0.29, 0.717) is 4.47 Å². The molecule has 1 heterocycles. The molecule has 0 radical (unpaired) electrons. The molecule has 1 atom stereocenters. The van der Waals surface area contributed by atoms with Gasteiger partial charge < -0.3 is 11.1 Å². The lowest BCUT2D eigenvalue weighted by atomic mass is 10.2. The number of nitrogens with one attached hydrogen (secondary N) is 2. The molecule has 1 aromatic rings. The van der Waals surface area contributed by atoms with Gasteiger partial charge in [0.2, 0.25) is 5.91 Å². The fourth-order valence-corrected chi connectivity index (χ4v) is 1.59. The Balaban J connectivity index is 2.76. The highest BCUT2D eigenvalue weighted by molar-refractivity contribution is 9.10. The Bertz CT molecular complexity index is 464. The van der Waals surface area contributed by atoms with E-state index >= 15 is 0 Å². The van der Waals surface area contributed by atoms with Crippen LogP contribution < -0.4 is 16.4 Å². The first-order valence-electron chi connectivity index (χ1n) is 5.47. The molecule has 0 saturated carbocycles. The summed E-state index contributed by atoms with van der Waals surface area (Å²) in [6.07, 6.45) is 2.24. The van der Waals surface area contributed by atoms with Gasteiger partial charge in [0, 0.05) is 16.7 Å². The number of primary amides is 1. The molecule has 1 rings (SSSR count). The number of carbonyl (C=O) groups is 2. The largest absolute Gasteiger partial charge is 0.366 e. The van der Waals surface area contributed by atoms with Gasteiger partial charge in [-0.15, -0.1) is 0 Å². The third kappa shape index (κ3) is 3.99. The molecule has 18 heavy (non-hydrogen) atoms. The second kappa shape index (κ2) is 6.34. The number of hydrogen-bond donors (Lipinski definition) is 3. The number of pyridine rings is 1. The lowest BCUT2D eigenvalue weighted by molar-refractivity contribution is 0.0999. The Morgan fingerprint density at radius 2 is 2.22 bits per heavy atom. The third-order valence-electron chi connectivity index (χ3n) is 2.35. The molecular formula is C11H15BrN4O2. The number of urea groups is 1.